The Labute approximate surface area is 176 Å². The highest BCUT2D eigenvalue weighted by Gasteiger charge is 2.22. The first-order valence-corrected chi connectivity index (χ1v) is 10.4. The van der Waals surface area contributed by atoms with Gasteiger partial charge in [0.1, 0.15) is 11.6 Å². The molecule has 1 N–H and O–H groups in total. The van der Waals surface area contributed by atoms with Crippen molar-refractivity contribution in [1.82, 2.24) is 14.9 Å². The van der Waals surface area contributed by atoms with E-state index in [1.807, 2.05) is 19.9 Å². The molecular weight excluding hydrogens is 401 g/mol. The highest BCUT2D eigenvalue weighted by atomic mass is 32.1. The first-order chi connectivity index (χ1) is 14.4. The van der Waals surface area contributed by atoms with Crippen molar-refractivity contribution < 1.29 is 9.18 Å². The van der Waals surface area contributed by atoms with Gasteiger partial charge in [0.05, 0.1) is 22.3 Å². The molecule has 0 bridgehead atoms. The Morgan fingerprint density at radius 3 is 2.60 bits per heavy atom. The summed E-state index contributed by atoms with van der Waals surface area (Å²) in [4.78, 5) is 35.7. The number of benzene rings is 2. The molecule has 2 aromatic heterocycles. The number of amides is 1. The van der Waals surface area contributed by atoms with E-state index in [1.54, 1.807) is 53.4 Å². The first-order valence-electron chi connectivity index (χ1n) is 9.57. The number of hydrogen-bond donors (Lipinski definition) is 1. The van der Waals surface area contributed by atoms with Gasteiger partial charge in [-0.1, -0.05) is 30.3 Å². The van der Waals surface area contributed by atoms with Gasteiger partial charge in [0.2, 0.25) is 0 Å². The summed E-state index contributed by atoms with van der Waals surface area (Å²) >= 11 is 1.25. The van der Waals surface area contributed by atoms with Gasteiger partial charge in [-0.05, 0) is 44.2 Å². The van der Waals surface area contributed by atoms with Crippen molar-refractivity contribution in [3.05, 3.63) is 87.5 Å². The molecule has 0 aliphatic rings. The van der Waals surface area contributed by atoms with Gasteiger partial charge in [0.15, 0.2) is 0 Å². The summed E-state index contributed by atoms with van der Waals surface area (Å²) in [6.45, 7) is 3.98. The Kier molecular flexibility index (Phi) is 5.46. The highest BCUT2D eigenvalue weighted by Crippen LogP contribution is 2.31. The molecule has 5 nitrogen and oxygen atoms in total. The van der Waals surface area contributed by atoms with Crippen LogP contribution in [0.2, 0.25) is 0 Å². The van der Waals surface area contributed by atoms with Crippen LogP contribution < -0.4 is 5.56 Å². The van der Waals surface area contributed by atoms with E-state index in [2.05, 4.69) is 9.97 Å². The average molecular weight is 421 g/mol. The lowest BCUT2D eigenvalue weighted by atomic mass is 10.2. The Morgan fingerprint density at radius 2 is 1.83 bits per heavy atom. The molecule has 0 atom stereocenters. The summed E-state index contributed by atoms with van der Waals surface area (Å²) in [5.41, 5.74) is 0.827. The zero-order valence-corrected chi connectivity index (χ0v) is 17.4. The minimum Gasteiger partial charge on any atom is -0.328 e. The van der Waals surface area contributed by atoms with Crippen LogP contribution in [0.1, 0.15) is 29.3 Å². The van der Waals surface area contributed by atoms with Crippen LogP contribution >= 0.6 is 11.3 Å². The molecule has 0 aliphatic heterocycles. The summed E-state index contributed by atoms with van der Waals surface area (Å²) in [5.74, 6) is -0.0861. The number of carbonyl (C=O) groups excluding carboxylic acids is 1. The molecule has 2 heterocycles. The molecule has 0 fully saturated rings. The molecule has 4 rings (SSSR count). The van der Waals surface area contributed by atoms with E-state index in [0.717, 1.165) is 0 Å². The monoisotopic (exact) mass is 421 g/mol. The number of para-hydroxylation sites is 1. The predicted molar refractivity (Wildman–Crippen MR) is 117 cm³/mol. The number of aromatic nitrogens is 2. The average Bonchev–Trinajstić information content (AvgIpc) is 3.22. The van der Waals surface area contributed by atoms with E-state index in [9.17, 15) is 14.0 Å². The number of rotatable bonds is 5. The lowest BCUT2D eigenvalue weighted by Crippen LogP contribution is -2.37. The van der Waals surface area contributed by atoms with Crippen molar-refractivity contribution >= 4 is 28.1 Å². The van der Waals surface area contributed by atoms with Crippen LogP contribution in [-0.4, -0.2) is 26.8 Å². The maximum absolute atomic E-state index is 14.1. The fraction of sp³-hybridized carbons (Fsp3) is 0.174. The van der Waals surface area contributed by atoms with Gasteiger partial charge in [0.25, 0.3) is 11.5 Å². The van der Waals surface area contributed by atoms with E-state index in [-0.39, 0.29) is 29.9 Å². The second-order valence-corrected chi connectivity index (χ2v) is 8.28. The fourth-order valence-electron chi connectivity index (χ4n) is 3.26. The van der Waals surface area contributed by atoms with Gasteiger partial charge in [-0.2, -0.15) is 0 Å². The largest absolute Gasteiger partial charge is 0.328 e. The number of H-pyrrole nitrogens is 1. The van der Waals surface area contributed by atoms with Gasteiger partial charge in [0, 0.05) is 16.5 Å². The van der Waals surface area contributed by atoms with E-state index < -0.39 is 0 Å². The second-order valence-electron chi connectivity index (χ2n) is 7.20. The molecule has 0 saturated heterocycles. The SMILES string of the molecule is CC(C)N(Cc1nc2ccccc2c(=O)[nH]1)C(=O)c1ccc(-c2ccccc2F)s1. The molecule has 0 radical (unpaired) electrons. The minimum absolute atomic E-state index is 0.117. The van der Waals surface area contributed by atoms with Crippen LogP contribution in [0.5, 0.6) is 0 Å². The molecule has 0 unspecified atom stereocenters. The summed E-state index contributed by atoms with van der Waals surface area (Å²) in [6.07, 6.45) is 0. The molecule has 7 heteroatoms. The Morgan fingerprint density at radius 1 is 1.10 bits per heavy atom. The molecule has 152 valence electrons. The summed E-state index contributed by atoms with van der Waals surface area (Å²) in [7, 11) is 0. The van der Waals surface area contributed by atoms with E-state index in [0.29, 0.717) is 32.0 Å². The minimum atomic E-state index is -0.322. The summed E-state index contributed by atoms with van der Waals surface area (Å²) < 4.78 is 14.1. The van der Waals surface area contributed by atoms with Gasteiger partial charge < -0.3 is 9.88 Å². The Bertz CT molecular complexity index is 1280. The third-order valence-electron chi connectivity index (χ3n) is 4.82. The van der Waals surface area contributed by atoms with Gasteiger partial charge in [-0.25, -0.2) is 9.37 Å². The highest BCUT2D eigenvalue weighted by molar-refractivity contribution is 7.17. The molecule has 0 aliphatic carbocycles. The molecule has 1 amide bonds. The molecule has 2 aromatic carbocycles. The number of thiophene rings is 1. The molecule has 0 saturated carbocycles. The number of carbonyl (C=O) groups is 1. The van der Waals surface area contributed by atoms with E-state index in [1.165, 1.54) is 17.4 Å². The van der Waals surface area contributed by atoms with Gasteiger partial charge in [-0.15, -0.1) is 11.3 Å². The van der Waals surface area contributed by atoms with E-state index in [4.69, 9.17) is 0 Å². The fourth-order valence-corrected chi connectivity index (χ4v) is 4.25. The van der Waals surface area contributed by atoms with Crippen LogP contribution in [0.3, 0.4) is 0 Å². The topological polar surface area (TPSA) is 66.1 Å². The van der Waals surface area contributed by atoms with Crippen LogP contribution in [0.4, 0.5) is 4.39 Å². The Hall–Kier alpha value is -3.32. The maximum Gasteiger partial charge on any atom is 0.264 e. The van der Waals surface area contributed by atoms with E-state index >= 15 is 0 Å². The van der Waals surface area contributed by atoms with Crippen molar-refractivity contribution in [1.29, 1.82) is 0 Å². The van der Waals surface area contributed by atoms with Crippen LogP contribution in [-0.2, 0) is 6.54 Å². The van der Waals surface area contributed by atoms with Crippen molar-refractivity contribution in [2.45, 2.75) is 26.4 Å². The number of nitrogens with one attached hydrogen (secondary N) is 1. The number of aromatic amines is 1. The Balaban J connectivity index is 1.63. The second kappa shape index (κ2) is 8.20. The summed E-state index contributed by atoms with van der Waals surface area (Å²) in [5, 5.41) is 0.511. The molecule has 0 spiro atoms. The number of halogens is 1. The lowest BCUT2D eigenvalue weighted by molar-refractivity contribution is 0.0690. The summed E-state index contributed by atoms with van der Waals surface area (Å²) in [6, 6.07) is 16.9. The lowest BCUT2D eigenvalue weighted by Gasteiger charge is -2.25. The number of nitrogens with zero attached hydrogens (tertiary/aromatic N) is 2. The first kappa shape index (κ1) is 20.0. The van der Waals surface area contributed by atoms with Crippen molar-refractivity contribution in [3.63, 3.8) is 0 Å². The van der Waals surface area contributed by atoms with Crippen molar-refractivity contribution in [2.24, 2.45) is 0 Å². The quantitative estimate of drug-likeness (QED) is 0.501. The zero-order chi connectivity index (χ0) is 21.3. The van der Waals surface area contributed by atoms with Crippen molar-refractivity contribution in [3.8, 4) is 10.4 Å². The third-order valence-corrected chi connectivity index (χ3v) is 5.93. The molecular formula is C23H20FN3O2S. The maximum atomic E-state index is 14.1. The van der Waals surface area contributed by atoms with Gasteiger partial charge in [-0.3, -0.25) is 9.59 Å². The van der Waals surface area contributed by atoms with Crippen LogP contribution in [0.15, 0.2) is 65.5 Å². The smallest absolute Gasteiger partial charge is 0.264 e. The molecule has 30 heavy (non-hydrogen) atoms. The standard InChI is InChI=1S/C23H20FN3O2S/c1-14(2)27(13-21-25-18-10-6-4-8-16(18)22(28)26-21)23(29)20-12-11-19(30-20)15-7-3-5-9-17(15)24/h3-12,14H,13H2,1-2H3,(H,25,26,28). The van der Waals surface area contributed by atoms with Gasteiger partial charge >= 0.3 is 0 Å². The van der Waals surface area contributed by atoms with Crippen molar-refractivity contribution in [2.75, 3.05) is 0 Å². The zero-order valence-electron chi connectivity index (χ0n) is 16.6. The molecule has 4 aromatic rings. The number of hydrogen-bond acceptors (Lipinski definition) is 4. The number of fused-ring (bicyclic) bond motifs is 1. The third kappa shape index (κ3) is 3.89. The normalized spacial score (nSPS) is 11.2. The van der Waals surface area contributed by atoms with Crippen LogP contribution in [0.25, 0.3) is 21.3 Å². The predicted octanol–water partition coefficient (Wildman–Crippen LogP) is 4.84. The van der Waals surface area contributed by atoms with Crippen LogP contribution in [0, 0.1) is 5.82 Å².